The summed E-state index contributed by atoms with van der Waals surface area (Å²) in [5.74, 6) is 0.714. The Hall–Kier alpha value is -2.66. The van der Waals surface area contributed by atoms with E-state index in [1.165, 1.54) is 10.8 Å². The molecule has 5 nitrogen and oxygen atoms in total. The highest BCUT2D eigenvalue weighted by molar-refractivity contribution is 6.29. The van der Waals surface area contributed by atoms with Crippen LogP contribution >= 0.6 is 11.6 Å². The van der Waals surface area contributed by atoms with Crippen LogP contribution in [0.3, 0.4) is 0 Å². The van der Waals surface area contributed by atoms with Gasteiger partial charge in [-0.3, -0.25) is 9.36 Å². The van der Waals surface area contributed by atoms with Gasteiger partial charge >= 0.3 is 0 Å². The Morgan fingerprint density at radius 3 is 2.70 bits per heavy atom. The molecule has 0 fully saturated rings. The Morgan fingerprint density at radius 2 is 1.96 bits per heavy atom. The van der Waals surface area contributed by atoms with E-state index in [-0.39, 0.29) is 11.3 Å². The second-order valence-electron chi connectivity index (χ2n) is 4.95. The molecule has 0 saturated heterocycles. The number of nitrogens with zero attached hydrogens (tertiary/aromatic N) is 3. The number of hydrogen-bond donors (Lipinski definition) is 0. The lowest BCUT2D eigenvalue weighted by Crippen LogP contribution is -2.21. The van der Waals surface area contributed by atoms with Gasteiger partial charge in [-0.25, -0.2) is 9.97 Å². The Labute approximate surface area is 138 Å². The van der Waals surface area contributed by atoms with Crippen molar-refractivity contribution in [3.8, 4) is 17.1 Å². The van der Waals surface area contributed by atoms with Gasteiger partial charge in [0, 0.05) is 18.8 Å². The molecule has 0 unspecified atom stereocenters. The minimum Gasteiger partial charge on any atom is -0.482 e. The first-order valence-electron chi connectivity index (χ1n) is 7.00. The first-order chi connectivity index (χ1) is 11.1. The summed E-state index contributed by atoms with van der Waals surface area (Å²) >= 11 is 5.88. The van der Waals surface area contributed by atoms with Crippen LogP contribution in [-0.4, -0.2) is 14.5 Å². The van der Waals surface area contributed by atoms with Crippen molar-refractivity contribution in [3.63, 3.8) is 0 Å². The largest absolute Gasteiger partial charge is 0.482 e. The molecular formula is C17H14ClN3O2. The third-order valence-electron chi connectivity index (χ3n) is 3.36. The predicted molar refractivity (Wildman–Crippen MR) is 88.5 cm³/mol. The van der Waals surface area contributed by atoms with Crippen molar-refractivity contribution in [2.24, 2.45) is 7.05 Å². The smallest absolute Gasteiger partial charge is 0.295 e. The average molecular weight is 328 g/mol. The highest BCUT2D eigenvalue weighted by Crippen LogP contribution is 2.19. The van der Waals surface area contributed by atoms with Crippen molar-refractivity contribution in [1.29, 1.82) is 0 Å². The number of ether oxygens (including phenoxy) is 1. The maximum absolute atomic E-state index is 12.4. The van der Waals surface area contributed by atoms with Crippen LogP contribution in [0.1, 0.15) is 5.56 Å². The normalized spacial score (nSPS) is 10.5. The minimum absolute atomic E-state index is 0.209. The standard InChI is InChI=1S/C17H14ClN3O2/c1-21-16(13-7-8-19-15(18)9-13)20-10-14(17(21)22)23-11-12-5-3-2-4-6-12/h2-10H,11H2,1H3. The zero-order valence-corrected chi connectivity index (χ0v) is 13.2. The fourth-order valence-electron chi connectivity index (χ4n) is 2.17. The van der Waals surface area contributed by atoms with Gasteiger partial charge in [0.2, 0.25) is 5.75 Å². The zero-order chi connectivity index (χ0) is 16.2. The van der Waals surface area contributed by atoms with Gasteiger partial charge < -0.3 is 4.74 Å². The number of rotatable bonds is 4. The van der Waals surface area contributed by atoms with Gasteiger partial charge in [0.15, 0.2) is 0 Å². The molecule has 0 atom stereocenters. The van der Waals surface area contributed by atoms with Crippen LogP contribution in [0.25, 0.3) is 11.4 Å². The van der Waals surface area contributed by atoms with Crippen molar-refractivity contribution in [1.82, 2.24) is 14.5 Å². The Balaban J connectivity index is 1.87. The molecule has 6 heteroatoms. The minimum atomic E-state index is -0.251. The second kappa shape index (κ2) is 6.62. The van der Waals surface area contributed by atoms with Gasteiger partial charge in [0.1, 0.15) is 17.6 Å². The van der Waals surface area contributed by atoms with Gasteiger partial charge in [-0.15, -0.1) is 0 Å². The Morgan fingerprint density at radius 1 is 1.17 bits per heavy atom. The molecule has 0 aliphatic heterocycles. The molecule has 2 aromatic heterocycles. The lowest BCUT2D eigenvalue weighted by atomic mass is 10.2. The number of hydrogen-bond acceptors (Lipinski definition) is 4. The third-order valence-corrected chi connectivity index (χ3v) is 3.57. The van der Waals surface area contributed by atoms with Gasteiger partial charge in [0.25, 0.3) is 5.56 Å². The Kier molecular flexibility index (Phi) is 4.39. The molecule has 0 spiro atoms. The van der Waals surface area contributed by atoms with E-state index in [9.17, 15) is 4.79 Å². The SMILES string of the molecule is Cn1c(-c2ccnc(Cl)c2)ncc(OCc2ccccc2)c1=O. The molecular weight excluding hydrogens is 314 g/mol. The van der Waals surface area contributed by atoms with Crippen LogP contribution < -0.4 is 10.3 Å². The van der Waals surface area contributed by atoms with E-state index in [1.807, 2.05) is 30.3 Å². The topological polar surface area (TPSA) is 57.0 Å². The van der Waals surface area contributed by atoms with Gasteiger partial charge in [-0.1, -0.05) is 41.9 Å². The van der Waals surface area contributed by atoms with Crippen LogP contribution in [0.4, 0.5) is 0 Å². The summed E-state index contributed by atoms with van der Waals surface area (Å²) in [6.07, 6.45) is 3.01. The Bertz CT molecular complexity index is 879. The summed E-state index contributed by atoms with van der Waals surface area (Å²) in [7, 11) is 1.65. The third kappa shape index (κ3) is 3.40. The van der Waals surface area contributed by atoms with Crippen molar-refractivity contribution < 1.29 is 4.74 Å². The molecule has 116 valence electrons. The lowest BCUT2D eigenvalue weighted by Gasteiger charge is -2.10. The molecule has 0 aliphatic carbocycles. The van der Waals surface area contributed by atoms with E-state index >= 15 is 0 Å². The highest BCUT2D eigenvalue weighted by Gasteiger charge is 2.11. The molecule has 2 heterocycles. The zero-order valence-electron chi connectivity index (χ0n) is 12.4. The summed E-state index contributed by atoms with van der Waals surface area (Å²) in [5, 5.41) is 0.348. The van der Waals surface area contributed by atoms with Crippen molar-refractivity contribution >= 4 is 11.6 Å². The van der Waals surface area contributed by atoms with E-state index in [1.54, 1.807) is 25.4 Å². The maximum atomic E-state index is 12.4. The molecule has 3 rings (SSSR count). The second-order valence-corrected chi connectivity index (χ2v) is 5.34. The van der Waals surface area contributed by atoms with Crippen LogP contribution in [-0.2, 0) is 13.7 Å². The molecule has 0 amide bonds. The van der Waals surface area contributed by atoms with E-state index < -0.39 is 0 Å². The number of pyridine rings is 1. The van der Waals surface area contributed by atoms with E-state index in [2.05, 4.69) is 9.97 Å². The first kappa shape index (κ1) is 15.2. The molecule has 23 heavy (non-hydrogen) atoms. The van der Waals surface area contributed by atoms with E-state index in [4.69, 9.17) is 16.3 Å². The van der Waals surface area contributed by atoms with Gasteiger partial charge in [0.05, 0.1) is 6.20 Å². The van der Waals surface area contributed by atoms with E-state index in [0.29, 0.717) is 17.6 Å². The predicted octanol–water partition coefficient (Wildman–Crippen LogP) is 3.07. The number of halogens is 1. The summed E-state index contributed by atoms with van der Waals surface area (Å²) in [6, 6.07) is 13.1. The quantitative estimate of drug-likeness (QED) is 0.691. The van der Waals surface area contributed by atoms with Crippen LogP contribution in [0, 0.1) is 0 Å². The maximum Gasteiger partial charge on any atom is 0.295 e. The fourth-order valence-corrected chi connectivity index (χ4v) is 2.34. The number of benzene rings is 1. The summed E-state index contributed by atoms with van der Waals surface area (Å²) in [4.78, 5) is 20.7. The summed E-state index contributed by atoms with van der Waals surface area (Å²) in [5.41, 5.74) is 1.46. The lowest BCUT2D eigenvalue weighted by molar-refractivity contribution is 0.298. The van der Waals surface area contributed by atoms with Crippen LogP contribution in [0.2, 0.25) is 5.15 Å². The first-order valence-corrected chi connectivity index (χ1v) is 7.37. The molecule has 0 N–H and O–H groups in total. The monoisotopic (exact) mass is 327 g/mol. The van der Waals surface area contributed by atoms with E-state index in [0.717, 1.165) is 11.1 Å². The van der Waals surface area contributed by atoms with Crippen molar-refractivity contribution in [2.45, 2.75) is 6.61 Å². The van der Waals surface area contributed by atoms with Crippen molar-refractivity contribution in [2.75, 3.05) is 0 Å². The average Bonchev–Trinajstić information content (AvgIpc) is 2.57. The molecule has 0 bridgehead atoms. The molecule has 0 radical (unpaired) electrons. The van der Waals surface area contributed by atoms with Crippen LogP contribution in [0.5, 0.6) is 5.75 Å². The highest BCUT2D eigenvalue weighted by atomic mass is 35.5. The fraction of sp³-hybridized carbons (Fsp3) is 0.118. The molecule has 1 aromatic carbocycles. The van der Waals surface area contributed by atoms with Crippen molar-refractivity contribution in [3.05, 3.63) is 75.9 Å². The summed E-state index contributed by atoms with van der Waals surface area (Å²) in [6.45, 7) is 0.318. The van der Waals surface area contributed by atoms with Gasteiger partial charge in [-0.2, -0.15) is 0 Å². The molecule has 0 saturated carbocycles. The molecule has 3 aromatic rings. The van der Waals surface area contributed by atoms with Gasteiger partial charge in [-0.05, 0) is 17.7 Å². The number of aromatic nitrogens is 3. The molecule has 0 aliphatic rings. The van der Waals surface area contributed by atoms with Crippen LogP contribution in [0.15, 0.2) is 59.7 Å². The summed E-state index contributed by atoms with van der Waals surface area (Å²) < 4.78 is 7.02.